The highest BCUT2D eigenvalue weighted by Gasteiger charge is 2.28. The average Bonchev–Trinajstić information content (AvgIpc) is 3.26. The Bertz CT molecular complexity index is 1470. The van der Waals surface area contributed by atoms with Crippen LogP contribution in [0.15, 0.2) is 60.8 Å². The van der Waals surface area contributed by atoms with E-state index in [9.17, 15) is 10.1 Å². The highest BCUT2D eigenvalue weighted by atomic mass is 16.5. The second-order valence-corrected chi connectivity index (χ2v) is 7.92. The summed E-state index contributed by atoms with van der Waals surface area (Å²) in [4.78, 5) is 19.2. The fourth-order valence-corrected chi connectivity index (χ4v) is 4.30. The van der Waals surface area contributed by atoms with Gasteiger partial charge >= 0.3 is 5.97 Å². The molecule has 0 N–H and O–H groups in total. The predicted octanol–water partition coefficient (Wildman–Crippen LogP) is 5.23. The Hall–Kier alpha value is -4.57. The smallest absolute Gasteiger partial charge is 0.339 e. The van der Waals surface area contributed by atoms with Gasteiger partial charge in [-0.1, -0.05) is 6.07 Å². The zero-order valence-electron chi connectivity index (χ0n) is 19.0. The molecule has 0 spiro atoms. The van der Waals surface area contributed by atoms with E-state index in [1.807, 2.05) is 60.5 Å². The van der Waals surface area contributed by atoms with E-state index < -0.39 is 0 Å². The van der Waals surface area contributed by atoms with Crippen LogP contribution in [-0.4, -0.2) is 32.2 Å². The molecule has 0 atom stereocenters. The summed E-state index contributed by atoms with van der Waals surface area (Å²) in [6, 6.07) is 19.0. The van der Waals surface area contributed by atoms with Crippen molar-refractivity contribution in [3.05, 3.63) is 77.5 Å². The van der Waals surface area contributed by atoms with E-state index in [4.69, 9.17) is 14.2 Å². The summed E-state index contributed by atoms with van der Waals surface area (Å²) in [7, 11) is 5.07. The van der Waals surface area contributed by atoms with E-state index in [0.717, 1.165) is 33.2 Å². The van der Waals surface area contributed by atoms with Gasteiger partial charge in [0.2, 0.25) is 0 Å². The predicted molar refractivity (Wildman–Crippen MR) is 129 cm³/mol. The summed E-state index contributed by atoms with van der Waals surface area (Å²) in [5, 5.41) is 11.0. The third kappa shape index (κ3) is 3.46. The lowest BCUT2D eigenvalue weighted by Crippen LogP contribution is -2.11. The lowest BCUT2D eigenvalue weighted by molar-refractivity contribution is 0.0535. The molecule has 7 heteroatoms. The van der Waals surface area contributed by atoms with Crippen molar-refractivity contribution in [1.82, 2.24) is 4.98 Å². The van der Waals surface area contributed by atoms with Gasteiger partial charge in [0.15, 0.2) is 11.5 Å². The van der Waals surface area contributed by atoms with Crippen LogP contribution in [0, 0.1) is 11.3 Å². The number of esters is 1. The Balaban J connectivity index is 1.64. The molecule has 0 saturated heterocycles. The molecule has 1 aliphatic heterocycles. The Morgan fingerprint density at radius 1 is 1.03 bits per heavy atom. The molecule has 0 bridgehead atoms. The molecule has 0 amide bonds. The Labute approximate surface area is 196 Å². The average molecular weight is 451 g/mol. The maximum atomic E-state index is 12.7. The molecule has 0 radical (unpaired) electrons. The van der Waals surface area contributed by atoms with Gasteiger partial charge in [-0.25, -0.2) is 9.78 Å². The SMILES string of the molecule is COc1cc2cc3c(c(-c4ccc(N(C)c5cccc(C#N)c5)nc4)c2cc1OC)C(=O)OC3. The summed E-state index contributed by atoms with van der Waals surface area (Å²) in [5.74, 6) is 1.54. The van der Waals surface area contributed by atoms with Crippen molar-refractivity contribution in [1.29, 1.82) is 5.26 Å². The Morgan fingerprint density at radius 2 is 1.82 bits per heavy atom. The number of cyclic esters (lactones) is 1. The van der Waals surface area contributed by atoms with Crippen LogP contribution in [0.4, 0.5) is 11.5 Å². The molecule has 0 aliphatic carbocycles. The number of carbonyl (C=O) groups is 1. The van der Waals surface area contributed by atoms with Gasteiger partial charge in [-0.15, -0.1) is 0 Å². The summed E-state index contributed by atoms with van der Waals surface area (Å²) in [6.07, 6.45) is 1.75. The third-order valence-corrected chi connectivity index (χ3v) is 6.03. The first-order chi connectivity index (χ1) is 16.5. The van der Waals surface area contributed by atoms with Gasteiger partial charge in [-0.2, -0.15) is 5.26 Å². The number of carbonyl (C=O) groups excluding carboxylic acids is 1. The topological polar surface area (TPSA) is 84.7 Å². The number of benzene rings is 3. The van der Waals surface area contributed by atoms with E-state index in [1.165, 1.54) is 0 Å². The first-order valence-corrected chi connectivity index (χ1v) is 10.6. The molecule has 7 nitrogen and oxygen atoms in total. The number of hydrogen-bond acceptors (Lipinski definition) is 7. The van der Waals surface area contributed by atoms with Crippen LogP contribution in [0.5, 0.6) is 11.5 Å². The zero-order chi connectivity index (χ0) is 23.8. The van der Waals surface area contributed by atoms with E-state index >= 15 is 0 Å². The Morgan fingerprint density at radius 3 is 2.53 bits per heavy atom. The molecule has 2 heterocycles. The van der Waals surface area contributed by atoms with Crippen LogP contribution in [0.2, 0.25) is 0 Å². The fourth-order valence-electron chi connectivity index (χ4n) is 4.30. The number of rotatable bonds is 5. The molecule has 1 aromatic heterocycles. The first-order valence-electron chi connectivity index (χ1n) is 10.6. The highest BCUT2D eigenvalue weighted by Crippen LogP contribution is 2.42. The van der Waals surface area contributed by atoms with Crippen molar-refractivity contribution in [3.63, 3.8) is 0 Å². The van der Waals surface area contributed by atoms with Gasteiger partial charge < -0.3 is 19.1 Å². The van der Waals surface area contributed by atoms with Gasteiger partial charge in [0.1, 0.15) is 12.4 Å². The van der Waals surface area contributed by atoms with Crippen LogP contribution in [-0.2, 0) is 11.3 Å². The number of methoxy groups -OCH3 is 2. The van der Waals surface area contributed by atoms with Crippen LogP contribution < -0.4 is 14.4 Å². The molecule has 0 saturated carbocycles. The molecule has 0 fully saturated rings. The molecular weight excluding hydrogens is 430 g/mol. The summed E-state index contributed by atoms with van der Waals surface area (Å²) in [5.41, 5.74) is 4.35. The fraction of sp³-hybridized carbons (Fsp3) is 0.148. The molecule has 34 heavy (non-hydrogen) atoms. The van der Waals surface area contributed by atoms with Crippen molar-refractivity contribution in [3.8, 4) is 28.7 Å². The maximum absolute atomic E-state index is 12.7. The van der Waals surface area contributed by atoms with Crippen molar-refractivity contribution >= 4 is 28.2 Å². The lowest BCUT2D eigenvalue weighted by atomic mass is 9.91. The van der Waals surface area contributed by atoms with Crippen LogP contribution in [0.25, 0.3) is 21.9 Å². The second-order valence-electron chi connectivity index (χ2n) is 7.92. The van der Waals surface area contributed by atoms with Gasteiger partial charge in [0.05, 0.1) is 31.4 Å². The number of pyridine rings is 1. The number of nitrogens with zero attached hydrogens (tertiary/aromatic N) is 3. The van der Waals surface area contributed by atoms with Gasteiger partial charge in [0, 0.05) is 35.6 Å². The summed E-state index contributed by atoms with van der Waals surface area (Å²) in [6.45, 7) is 0.231. The van der Waals surface area contributed by atoms with Gasteiger partial charge in [-0.05, 0) is 59.3 Å². The zero-order valence-corrected chi connectivity index (χ0v) is 19.0. The van der Waals surface area contributed by atoms with Gasteiger partial charge in [0.25, 0.3) is 0 Å². The minimum absolute atomic E-state index is 0.231. The third-order valence-electron chi connectivity index (χ3n) is 6.03. The van der Waals surface area contributed by atoms with Crippen molar-refractivity contribution in [2.75, 3.05) is 26.2 Å². The number of aromatic nitrogens is 1. The van der Waals surface area contributed by atoms with Crippen molar-refractivity contribution in [2.24, 2.45) is 0 Å². The first kappa shape index (κ1) is 21.3. The monoisotopic (exact) mass is 451 g/mol. The minimum Gasteiger partial charge on any atom is -0.493 e. The van der Waals surface area contributed by atoms with E-state index in [0.29, 0.717) is 28.4 Å². The number of hydrogen-bond donors (Lipinski definition) is 0. The lowest BCUT2D eigenvalue weighted by Gasteiger charge is -2.19. The van der Waals surface area contributed by atoms with Crippen LogP contribution in [0.3, 0.4) is 0 Å². The van der Waals surface area contributed by atoms with Gasteiger partial charge in [-0.3, -0.25) is 0 Å². The molecular formula is C27H21N3O4. The van der Waals surface area contributed by atoms with Crippen molar-refractivity contribution < 1.29 is 19.0 Å². The largest absolute Gasteiger partial charge is 0.493 e. The summed E-state index contributed by atoms with van der Waals surface area (Å²) < 4.78 is 16.3. The highest BCUT2D eigenvalue weighted by molar-refractivity contribution is 6.11. The minimum atomic E-state index is -0.351. The number of anilines is 2. The molecule has 1 aliphatic rings. The van der Waals surface area contributed by atoms with E-state index in [-0.39, 0.29) is 12.6 Å². The second kappa shape index (κ2) is 8.41. The van der Waals surface area contributed by atoms with Crippen molar-refractivity contribution in [2.45, 2.75) is 6.61 Å². The van der Waals surface area contributed by atoms with E-state index in [2.05, 4.69) is 11.1 Å². The Kier molecular flexibility index (Phi) is 5.27. The van der Waals surface area contributed by atoms with Crippen LogP contribution in [0.1, 0.15) is 21.5 Å². The molecule has 0 unspecified atom stereocenters. The molecule has 4 aromatic rings. The van der Waals surface area contributed by atoms with E-state index in [1.54, 1.807) is 26.5 Å². The quantitative estimate of drug-likeness (QED) is 0.384. The van der Waals surface area contributed by atoms with Crippen LogP contribution >= 0.6 is 0 Å². The summed E-state index contributed by atoms with van der Waals surface area (Å²) >= 11 is 0. The molecule has 168 valence electrons. The molecule has 3 aromatic carbocycles. The molecule has 5 rings (SSSR count). The number of fused-ring (bicyclic) bond motifs is 2. The standard InChI is InChI=1S/C27H21N3O4/c1-30(20-6-4-5-16(9-20)13-28)24-8-7-17(14-29-24)25-21-12-23(33-3)22(32-2)11-18(21)10-19-15-34-27(31)26(19)25/h4-12,14H,15H2,1-3H3. The maximum Gasteiger partial charge on any atom is 0.339 e. The number of ether oxygens (including phenoxy) is 3. The number of nitriles is 1. The normalized spacial score (nSPS) is 12.1.